The molecule has 0 spiro atoms. The van der Waals surface area contributed by atoms with Crippen LogP contribution in [-0.4, -0.2) is 30.9 Å². The first-order valence-electron chi connectivity index (χ1n) is 13.3. The molecule has 2 aromatic heterocycles. The molecule has 1 saturated carbocycles. The number of nitrogens with one attached hydrogen (secondary N) is 1. The van der Waals surface area contributed by atoms with E-state index in [0.29, 0.717) is 29.3 Å². The Bertz CT molecular complexity index is 1540. The van der Waals surface area contributed by atoms with Gasteiger partial charge in [0.15, 0.2) is 5.03 Å². The Kier molecular flexibility index (Phi) is 7.95. The maximum atomic E-state index is 14.6. The van der Waals surface area contributed by atoms with Gasteiger partial charge in [-0.1, -0.05) is 47.6 Å². The van der Waals surface area contributed by atoms with Crippen molar-refractivity contribution >= 4 is 21.7 Å². The van der Waals surface area contributed by atoms with E-state index in [1.807, 2.05) is 13.8 Å². The average Bonchev–Trinajstić information content (AvgIpc) is 3.08. The number of pyridine rings is 2. The molecule has 1 aliphatic rings. The summed E-state index contributed by atoms with van der Waals surface area (Å²) in [5, 5.41) is -0.358. The van der Waals surface area contributed by atoms with Crippen LogP contribution in [0.25, 0.3) is 11.3 Å². The summed E-state index contributed by atoms with van der Waals surface area (Å²) in [6.07, 6.45) is 1.63. The molecule has 0 bridgehead atoms. The SMILES string of the molecule is CC(C)COc1cc(F)cc(-c2ccc(C(=O)NS(=O)(=O)c3cccc(N)n3)c(C3CC(C)(C)CC3(C)C)n2)c1.[HH]. The lowest BCUT2D eigenvalue weighted by molar-refractivity contribution is 0.0978. The van der Waals surface area contributed by atoms with Crippen molar-refractivity contribution in [3.63, 3.8) is 0 Å². The molecule has 3 aromatic rings. The van der Waals surface area contributed by atoms with E-state index in [9.17, 15) is 17.6 Å². The first-order chi connectivity index (χ1) is 18.6. The van der Waals surface area contributed by atoms with Gasteiger partial charge in [0, 0.05) is 19.0 Å². The zero-order valence-corrected chi connectivity index (χ0v) is 24.6. The van der Waals surface area contributed by atoms with Crippen molar-refractivity contribution in [3.8, 4) is 17.0 Å². The van der Waals surface area contributed by atoms with Crippen LogP contribution < -0.4 is 15.2 Å². The van der Waals surface area contributed by atoms with Crippen LogP contribution in [-0.2, 0) is 10.0 Å². The Labute approximate surface area is 237 Å². The lowest BCUT2D eigenvalue weighted by atomic mass is 9.78. The Hall–Kier alpha value is -3.53. The summed E-state index contributed by atoms with van der Waals surface area (Å²) in [4.78, 5) is 22.2. The van der Waals surface area contributed by atoms with Gasteiger partial charge < -0.3 is 10.5 Å². The summed E-state index contributed by atoms with van der Waals surface area (Å²) in [5.74, 6) is -0.771. The van der Waals surface area contributed by atoms with Crippen LogP contribution in [0.5, 0.6) is 5.75 Å². The van der Waals surface area contributed by atoms with Crippen molar-refractivity contribution in [2.75, 3.05) is 12.3 Å². The molecule has 1 atom stereocenters. The fourth-order valence-electron chi connectivity index (χ4n) is 5.68. The van der Waals surface area contributed by atoms with Gasteiger partial charge in [0.1, 0.15) is 17.4 Å². The zero-order chi connectivity index (χ0) is 29.5. The van der Waals surface area contributed by atoms with Crippen molar-refractivity contribution in [2.45, 2.75) is 65.3 Å². The number of carbonyl (C=O) groups is 1. The number of aromatic nitrogens is 2. The lowest BCUT2D eigenvalue weighted by Crippen LogP contribution is -2.33. The van der Waals surface area contributed by atoms with Gasteiger partial charge in [0.2, 0.25) is 0 Å². The molecule has 0 saturated heterocycles. The number of hydrogen-bond donors (Lipinski definition) is 2. The predicted octanol–water partition coefficient (Wildman–Crippen LogP) is 6.19. The smallest absolute Gasteiger partial charge is 0.281 e. The molecule has 216 valence electrons. The fourth-order valence-corrected chi connectivity index (χ4v) is 6.63. The van der Waals surface area contributed by atoms with Crippen molar-refractivity contribution in [2.24, 2.45) is 16.7 Å². The Morgan fingerprint density at radius 2 is 1.88 bits per heavy atom. The van der Waals surface area contributed by atoms with Crippen LogP contribution in [0.3, 0.4) is 0 Å². The number of anilines is 1. The molecule has 4 rings (SSSR count). The van der Waals surface area contributed by atoms with E-state index in [1.165, 1.54) is 30.3 Å². The molecular weight excluding hydrogens is 531 g/mol. The van der Waals surface area contributed by atoms with E-state index in [2.05, 4.69) is 37.4 Å². The number of halogens is 1. The third kappa shape index (κ3) is 6.60. The summed E-state index contributed by atoms with van der Waals surface area (Å²) in [6, 6.07) is 11.7. The third-order valence-electron chi connectivity index (χ3n) is 7.13. The highest BCUT2D eigenvalue weighted by atomic mass is 32.2. The quantitative estimate of drug-likeness (QED) is 0.331. The molecule has 10 heteroatoms. The minimum atomic E-state index is -4.29. The van der Waals surface area contributed by atoms with E-state index < -0.39 is 21.7 Å². The van der Waals surface area contributed by atoms with Crippen LogP contribution in [0.2, 0.25) is 0 Å². The molecule has 1 amide bonds. The number of rotatable bonds is 8. The van der Waals surface area contributed by atoms with Crippen LogP contribution in [0.4, 0.5) is 10.2 Å². The minimum absolute atomic E-state index is 0. The predicted molar refractivity (Wildman–Crippen MR) is 155 cm³/mol. The molecule has 40 heavy (non-hydrogen) atoms. The maximum absolute atomic E-state index is 14.6. The van der Waals surface area contributed by atoms with Gasteiger partial charge >= 0.3 is 0 Å². The molecule has 1 fully saturated rings. The van der Waals surface area contributed by atoms with Crippen LogP contribution in [0, 0.1) is 22.6 Å². The molecular formula is C30H39FN4O4S. The maximum Gasteiger partial charge on any atom is 0.281 e. The molecule has 0 radical (unpaired) electrons. The van der Waals surface area contributed by atoms with E-state index in [1.54, 1.807) is 18.2 Å². The van der Waals surface area contributed by atoms with Gasteiger partial charge in [0.25, 0.3) is 15.9 Å². The molecule has 2 heterocycles. The van der Waals surface area contributed by atoms with Crippen molar-refractivity contribution in [1.82, 2.24) is 14.7 Å². The first-order valence-corrected chi connectivity index (χ1v) is 14.8. The zero-order valence-electron chi connectivity index (χ0n) is 23.8. The van der Waals surface area contributed by atoms with Gasteiger partial charge in [-0.05, 0) is 66.0 Å². The topological polar surface area (TPSA) is 124 Å². The first kappa shape index (κ1) is 29.5. The fraction of sp³-hybridized carbons (Fsp3) is 0.433. The number of hydrogen-bond acceptors (Lipinski definition) is 7. The summed E-state index contributed by atoms with van der Waals surface area (Å²) in [7, 11) is -4.29. The highest BCUT2D eigenvalue weighted by Gasteiger charge is 2.47. The second-order valence-electron chi connectivity index (χ2n) is 12.4. The summed E-state index contributed by atoms with van der Waals surface area (Å²) >= 11 is 0. The number of nitrogens with two attached hydrogens (primary N) is 1. The standard InChI is InChI=1S/C30H37FN4O4S.H2/c1-18(2)16-39-21-13-19(12-20(31)14-21)24-11-10-22(27(33-24)23-15-29(3,4)17-30(23,5)6)28(36)35-40(37,38)26-9-7-8-25(32)34-26;/h7-14,18,23H,15-17H2,1-6H3,(H2,32,34)(H,35,36);1H. The monoisotopic (exact) mass is 570 g/mol. The van der Waals surface area contributed by atoms with E-state index in [4.69, 9.17) is 15.5 Å². The third-order valence-corrected chi connectivity index (χ3v) is 8.36. The minimum Gasteiger partial charge on any atom is -0.493 e. The van der Waals surface area contributed by atoms with Gasteiger partial charge in [-0.2, -0.15) is 8.42 Å². The number of ether oxygens (including phenoxy) is 1. The Morgan fingerprint density at radius 1 is 1.15 bits per heavy atom. The molecule has 1 aliphatic carbocycles. The molecule has 3 N–H and O–H groups in total. The molecule has 1 aromatic carbocycles. The second-order valence-corrected chi connectivity index (χ2v) is 14.1. The van der Waals surface area contributed by atoms with Crippen molar-refractivity contribution < 1.29 is 23.8 Å². The van der Waals surface area contributed by atoms with Gasteiger partial charge in [-0.25, -0.2) is 14.1 Å². The normalized spacial score (nSPS) is 18.1. The highest BCUT2D eigenvalue weighted by Crippen LogP contribution is 2.57. The van der Waals surface area contributed by atoms with Crippen LogP contribution >= 0.6 is 0 Å². The summed E-state index contributed by atoms with van der Waals surface area (Å²) in [6.45, 7) is 13.0. The van der Waals surface area contributed by atoms with Crippen molar-refractivity contribution in [3.05, 3.63) is 65.6 Å². The number of sulfonamides is 1. The average molecular weight is 571 g/mol. The van der Waals surface area contributed by atoms with Crippen LogP contribution in [0.1, 0.15) is 77.8 Å². The largest absolute Gasteiger partial charge is 0.493 e. The molecule has 0 aliphatic heterocycles. The number of nitrogen functional groups attached to an aromatic ring is 1. The van der Waals surface area contributed by atoms with Gasteiger partial charge in [-0.3, -0.25) is 9.78 Å². The summed E-state index contributed by atoms with van der Waals surface area (Å²) < 4.78 is 48.4. The highest BCUT2D eigenvalue weighted by molar-refractivity contribution is 7.90. The van der Waals surface area contributed by atoms with E-state index >= 15 is 0 Å². The Morgan fingerprint density at radius 3 is 2.50 bits per heavy atom. The number of benzene rings is 1. The summed E-state index contributed by atoms with van der Waals surface area (Å²) in [5.41, 5.74) is 6.97. The lowest BCUT2D eigenvalue weighted by Gasteiger charge is -2.28. The number of amides is 1. The van der Waals surface area contributed by atoms with E-state index in [-0.39, 0.29) is 40.5 Å². The number of carbonyl (C=O) groups excluding carboxylic acids is 1. The second kappa shape index (κ2) is 10.8. The molecule has 8 nitrogen and oxygen atoms in total. The number of nitrogens with zero attached hydrogens (tertiary/aromatic N) is 2. The van der Waals surface area contributed by atoms with Gasteiger partial charge in [0.05, 0.1) is 23.6 Å². The Balaban J connectivity index is 0.00000462. The van der Waals surface area contributed by atoms with Crippen molar-refractivity contribution in [1.29, 1.82) is 0 Å². The molecule has 1 unspecified atom stereocenters. The van der Waals surface area contributed by atoms with Crippen LogP contribution in [0.15, 0.2) is 53.6 Å². The van der Waals surface area contributed by atoms with Gasteiger partial charge in [-0.15, -0.1) is 0 Å². The van der Waals surface area contributed by atoms with E-state index in [0.717, 1.165) is 12.8 Å².